The molecule has 3 aromatic rings. The molecule has 0 radical (unpaired) electrons. The van der Waals surface area contributed by atoms with Crippen molar-refractivity contribution < 1.29 is 9.53 Å². The number of carbonyl (C=O) groups excluding carboxylic acids is 1. The Morgan fingerprint density at radius 1 is 1.15 bits per heavy atom. The van der Waals surface area contributed by atoms with E-state index in [9.17, 15) is 4.79 Å². The second-order valence-electron chi connectivity index (χ2n) is 6.77. The van der Waals surface area contributed by atoms with Gasteiger partial charge in [-0.05, 0) is 62.3 Å². The number of benzene rings is 1. The van der Waals surface area contributed by atoms with Crippen molar-refractivity contribution in [3.05, 3.63) is 54.4 Å². The predicted octanol–water partition coefficient (Wildman–Crippen LogP) is 2.84. The average molecular weight is 364 g/mol. The normalized spacial score (nSPS) is 14.6. The van der Waals surface area contributed by atoms with Crippen LogP contribution in [-0.2, 0) is 0 Å². The lowest BCUT2D eigenvalue weighted by atomic mass is 10.1. The zero-order chi connectivity index (χ0) is 18.6. The van der Waals surface area contributed by atoms with Crippen LogP contribution < -0.4 is 10.1 Å². The van der Waals surface area contributed by atoms with Gasteiger partial charge in [-0.3, -0.25) is 9.20 Å². The van der Waals surface area contributed by atoms with Gasteiger partial charge in [0.15, 0.2) is 5.69 Å². The van der Waals surface area contributed by atoms with Crippen LogP contribution in [0.3, 0.4) is 0 Å². The summed E-state index contributed by atoms with van der Waals surface area (Å²) in [4.78, 5) is 19.8. The first-order chi connectivity index (χ1) is 13.3. The van der Waals surface area contributed by atoms with E-state index in [1.807, 2.05) is 53.1 Å². The Morgan fingerprint density at radius 2 is 1.93 bits per heavy atom. The van der Waals surface area contributed by atoms with Crippen LogP contribution in [0.2, 0.25) is 0 Å². The van der Waals surface area contributed by atoms with E-state index in [0.29, 0.717) is 12.2 Å². The van der Waals surface area contributed by atoms with Gasteiger partial charge in [0.1, 0.15) is 11.4 Å². The molecule has 0 atom stereocenters. The molecular formula is C21H24N4O2. The van der Waals surface area contributed by atoms with Gasteiger partial charge in [0.2, 0.25) is 0 Å². The summed E-state index contributed by atoms with van der Waals surface area (Å²) in [6, 6.07) is 13.5. The molecule has 0 unspecified atom stereocenters. The van der Waals surface area contributed by atoms with Crippen molar-refractivity contribution in [2.45, 2.75) is 12.8 Å². The topological polar surface area (TPSA) is 58.9 Å². The van der Waals surface area contributed by atoms with Gasteiger partial charge in [-0.15, -0.1) is 0 Å². The summed E-state index contributed by atoms with van der Waals surface area (Å²) < 4.78 is 7.20. The minimum Gasteiger partial charge on any atom is -0.497 e. The van der Waals surface area contributed by atoms with Gasteiger partial charge in [0, 0.05) is 24.8 Å². The van der Waals surface area contributed by atoms with Gasteiger partial charge in [0.05, 0.1) is 12.8 Å². The Morgan fingerprint density at radius 3 is 2.67 bits per heavy atom. The number of carbonyl (C=O) groups is 1. The molecule has 3 heterocycles. The number of amides is 1. The van der Waals surface area contributed by atoms with Crippen LogP contribution >= 0.6 is 0 Å². The number of pyridine rings is 1. The van der Waals surface area contributed by atoms with Crippen LogP contribution in [0.15, 0.2) is 48.7 Å². The number of nitrogens with one attached hydrogen (secondary N) is 1. The molecule has 140 valence electrons. The summed E-state index contributed by atoms with van der Waals surface area (Å²) in [5.74, 6) is 0.646. The standard InChI is InChI=1S/C21H24N4O2/c1-27-17-9-7-16(8-10-17)20-19(23-18-6-2-3-14-25(18)20)21(26)22-11-15-24-12-4-5-13-24/h2-3,6-10,14H,4-5,11-13,15H2,1H3,(H,22,26). The fourth-order valence-corrected chi connectivity index (χ4v) is 3.60. The number of hydrogen-bond acceptors (Lipinski definition) is 4. The van der Waals surface area contributed by atoms with E-state index in [4.69, 9.17) is 4.74 Å². The highest BCUT2D eigenvalue weighted by Gasteiger charge is 2.20. The number of nitrogens with zero attached hydrogens (tertiary/aromatic N) is 3. The lowest BCUT2D eigenvalue weighted by Gasteiger charge is -2.14. The molecule has 1 saturated heterocycles. The van der Waals surface area contributed by atoms with Crippen molar-refractivity contribution in [3.8, 4) is 17.0 Å². The molecule has 1 N–H and O–H groups in total. The van der Waals surface area contributed by atoms with Crippen LogP contribution in [0.1, 0.15) is 23.3 Å². The lowest BCUT2D eigenvalue weighted by Crippen LogP contribution is -2.33. The number of rotatable bonds is 6. The van der Waals surface area contributed by atoms with Gasteiger partial charge in [-0.1, -0.05) is 6.07 Å². The summed E-state index contributed by atoms with van der Waals surface area (Å²) in [6.45, 7) is 3.77. The molecule has 0 spiro atoms. The molecule has 1 fully saturated rings. The van der Waals surface area contributed by atoms with Crippen LogP contribution in [0.25, 0.3) is 16.9 Å². The van der Waals surface area contributed by atoms with Crippen molar-refractivity contribution in [2.75, 3.05) is 33.3 Å². The molecule has 1 amide bonds. The first kappa shape index (κ1) is 17.5. The third-order valence-corrected chi connectivity index (χ3v) is 5.02. The number of imidazole rings is 1. The predicted molar refractivity (Wildman–Crippen MR) is 105 cm³/mol. The van der Waals surface area contributed by atoms with Crippen LogP contribution in [-0.4, -0.2) is 53.5 Å². The summed E-state index contributed by atoms with van der Waals surface area (Å²) >= 11 is 0. The number of fused-ring (bicyclic) bond motifs is 1. The smallest absolute Gasteiger partial charge is 0.272 e. The zero-order valence-electron chi connectivity index (χ0n) is 15.5. The average Bonchev–Trinajstić information content (AvgIpc) is 3.35. The number of hydrogen-bond donors (Lipinski definition) is 1. The first-order valence-corrected chi connectivity index (χ1v) is 9.38. The molecule has 1 aliphatic heterocycles. The Kier molecular flexibility index (Phi) is 5.07. The summed E-state index contributed by atoms with van der Waals surface area (Å²) in [5.41, 5.74) is 2.94. The second-order valence-corrected chi connectivity index (χ2v) is 6.77. The molecule has 4 rings (SSSR count). The fourth-order valence-electron chi connectivity index (χ4n) is 3.60. The van der Waals surface area contributed by atoms with Crippen molar-refractivity contribution in [1.29, 1.82) is 0 Å². The maximum atomic E-state index is 12.9. The van der Waals surface area contributed by atoms with Crippen molar-refractivity contribution in [3.63, 3.8) is 0 Å². The lowest BCUT2D eigenvalue weighted by molar-refractivity contribution is 0.0946. The maximum Gasteiger partial charge on any atom is 0.272 e. The minimum absolute atomic E-state index is 0.135. The highest BCUT2D eigenvalue weighted by atomic mass is 16.5. The molecule has 0 saturated carbocycles. The van der Waals surface area contributed by atoms with E-state index >= 15 is 0 Å². The fraction of sp³-hybridized carbons (Fsp3) is 0.333. The molecule has 0 aliphatic carbocycles. The van der Waals surface area contributed by atoms with E-state index in [1.54, 1.807) is 7.11 Å². The van der Waals surface area contributed by atoms with Crippen molar-refractivity contribution in [2.24, 2.45) is 0 Å². The molecule has 2 aromatic heterocycles. The maximum absolute atomic E-state index is 12.9. The van der Waals surface area contributed by atoms with E-state index < -0.39 is 0 Å². The Bertz CT molecular complexity index is 927. The number of methoxy groups -OCH3 is 1. The van der Waals surface area contributed by atoms with Crippen molar-refractivity contribution >= 4 is 11.6 Å². The van der Waals surface area contributed by atoms with Gasteiger partial charge < -0.3 is 15.0 Å². The van der Waals surface area contributed by atoms with E-state index in [-0.39, 0.29) is 5.91 Å². The molecule has 6 nitrogen and oxygen atoms in total. The van der Waals surface area contributed by atoms with Crippen LogP contribution in [0, 0.1) is 0 Å². The van der Waals surface area contributed by atoms with Crippen LogP contribution in [0.4, 0.5) is 0 Å². The number of ether oxygens (including phenoxy) is 1. The molecule has 27 heavy (non-hydrogen) atoms. The molecule has 6 heteroatoms. The number of likely N-dealkylation sites (tertiary alicyclic amines) is 1. The quantitative estimate of drug-likeness (QED) is 0.731. The SMILES string of the molecule is COc1ccc(-c2c(C(=O)NCCN3CCCC3)nc3ccccn23)cc1. The summed E-state index contributed by atoms with van der Waals surface area (Å²) in [6.07, 6.45) is 4.44. The van der Waals surface area contributed by atoms with E-state index in [0.717, 1.165) is 42.3 Å². The van der Waals surface area contributed by atoms with Crippen LogP contribution in [0.5, 0.6) is 5.75 Å². The number of aromatic nitrogens is 2. The van der Waals surface area contributed by atoms with Gasteiger partial charge in [-0.25, -0.2) is 4.98 Å². The van der Waals surface area contributed by atoms with Gasteiger partial charge in [0.25, 0.3) is 5.91 Å². The van der Waals surface area contributed by atoms with Gasteiger partial charge in [-0.2, -0.15) is 0 Å². The molecule has 1 aliphatic rings. The zero-order valence-corrected chi connectivity index (χ0v) is 15.5. The Balaban J connectivity index is 1.61. The summed E-state index contributed by atoms with van der Waals surface area (Å²) in [5, 5.41) is 3.04. The minimum atomic E-state index is -0.135. The van der Waals surface area contributed by atoms with Gasteiger partial charge >= 0.3 is 0 Å². The monoisotopic (exact) mass is 364 g/mol. The van der Waals surface area contributed by atoms with E-state index in [2.05, 4.69) is 15.2 Å². The molecule has 0 bridgehead atoms. The third-order valence-electron chi connectivity index (χ3n) is 5.02. The second kappa shape index (κ2) is 7.80. The third kappa shape index (κ3) is 3.66. The highest BCUT2D eigenvalue weighted by molar-refractivity contribution is 5.99. The Labute approximate surface area is 158 Å². The highest BCUT2D eigenvalue weighted by Crippen LogP contribution is 2.27. The van der Waals surface area contributed by atoms with Crippen molar-refractivity contribution in [1.82, 2.24) is 19.6 Å². The first-order valence-electron chi connectivity index (χ1n) is 9.38. The largest absolute Gasteiger partial charge is 0.497 e. The molecular weight excluding hydrogens is 340 g/mol. The molecule has 1 aromatic carbocycles. The Hall–Kier alpha value is -2.86. The summed E-state index contributed by atoms with van der Waals surface area (Å²) in [7, 11) is 1.64. The van der Waals surface area contributed by atoms with E-state index in [1.165, 1.54) is 12.8 Å².